The van der Waals surface area contributed by atoms with Gasteiger partial charge in [-0.25, -0.2) is 0 Å². The van der Waals surface area contributed by atoms with Gasteiger partial charge in [-0.1, -0.05) is 0 Å². The van der Waals surface area contributed by atoms with E-state index >= 15 is 0 Å². The number of aromatic nitrogens is 2. The molecule has 0 aliphatic heterocycles. The molecule has 2 aromatic rings. The van der Waals surface area contributed by atoms with Gasteiger partial charge in [0.05, 0.1) is 17.8 Å². The molecule has 0 aliphatic rings. The summed E-state index contributed by atoms with van der Waals surface area (Å²) in [4.78, 5) is 8.30. The van der Waals surface area contributed by atoms with Gasteiger partial charge < -0.3 is 10.5 Å². The Bertz CT molecular complexity index is 456. The Kier molecular flexibility index (Phi) is 2.18. The summed E-state index contributed by atoms with van der Waals surface area (Å²) in [5.41, 5.74) is 7.88. The quantitative estimate of drug-likeness (QED) is 0.729. The van der Waals surface area contributed by atoms with E-state index < -0.39 is 0 Å². The number of nitrogen functional groups attached to an aromatic ring is 1. The molecule has 0 atom stereocenters. The van der Waals surface area contributed by atoms with Gasteiger partial charge in [-0.2, -0.15) is 0 Å². The van der Waals surface area contributed by atoms with Crippen molar-refractivity contribution in [2.45, 2.75) is 6.92 Å². The number of nitrogens with two attached hydrogens (primary N) is 1. The number of benzene rings is 1. The normalized spacial score (nSPS) is 10.4. The van der Waals surface area contributed by atoms with Crippen molar-refractivity contribution >= 4 is 16.7 Å². The van der Waals surface area contributed by atoms with Crippen molar-refractivity contribution in [1.82, 2.24) is 9.97 Å². The fraction of sp³-hybridized carbons (Fsp3) is 0.200. The smallest absolute Gasteiger partial charge is 0.123 e. The zero-order valence-electron chi connectivity index (χ0n) is 7.90. The molecular formula is C10H11N3O. The molecule has 1 aromatic heterocycles. The molecule has 72 valence electrons. The first-order chi connectivity index (χ1) is 6.81. The molecule has 0 aliphatic carbocycles. The van der Waals surface area contributed by atoms with E-state index in [0.717, 1.165) is 16.8 Å². The lowest BCUT2D eigenvalue weighted by Crippen LogP contribution is -1.96. The van der Waals surface area contributed by atoms with Crippen molar-refractivity contribution in [1.29, 1.82) is 0 Å². The maximum absolute atomic E-state index is 5.80. The highest BCUT2D eigenvalue weighted by Crippen LogP contribution is 2.23. The molecule has 0 radical (unpaired) electrons. The topological polar surface area (TPSA) is 61.0 Å². The van der Waals surface area contributed by atoms with Crippen LogP contribution in [0.15, 0.2) is 24.5 Å². The summed E-state index contributed by atoms with van der Waals surface area (Å²) in [7, 11) is 0. The Labute approximate surface area is 81.7 Å². The second-order valence-electron chi connectivity index (χ2n) is 2.87. The number of anilines is 1. The average molecular weight is 189 g/mol. The van der Waals surface area contributed by atoms with Crippen molar-refractivity contribution in [2.75, 3.05) is 12.3 Å². The van der Waals surface area contributed by atoms with Gasteiger partial charge in [-0.05, 0) is 6.92 Å². The van der Waals surface area contributed by atoms with Crippen LogP contribution >= 0.6 is 0 Å². The molecule has 2 N–H and O–H groups in total. The molecule has 0 amide bonds. The van der Waals surface area contributed by atoms with Crippen LogP contribution in [0.5, 0.6) is 5.75 Å². The molecule has 0 spiro atoms. The van der Waals surface area contributed by atoms with E-state index in [2.05, 4.69) is 9.97 Å². The third-order valence-corrected chi connectivity index (χ3v) is 1.89. The molecule has 4 nitrogen and oxygen atoms in total. The predicted octanol–water partition coefficient (Wildman–Crippen LogP) is 1.61. The van der Waals surface area contributed by atoms with Crippen molar-refractivity contribution in [3.05, 3.63) is 24.5 Å². The second kappa shape index (κ2) is 3.49. The van der Waals surface area contributed by atoms with Crippen LogP contribution in [0.1, 0.15) is 6.92 Å². The van der Waals surface area contributed by atoms with E-state index in [9.17, 15) is 0 Å². The minimum absolute atomic E-state index is 0.596. The largest absolute Gasteiger partial charge is 0.494 e. The number of nitrogens with zero attached hydrogens (tertiary/aromatic N) is 2. The zero-order valence-corrected chi connectivity index (χ0v) is 7.90. The first kappa shape index (κ1) is 8.74. The maximum atomic E-state index is 5.80. The number of hydrogen-bond acceptors (Lipinski definition) is 4. The molecule has 14 heavy (non-hydrogen) atoms. The standard InChI is InChI=1S/C10H11N3O/c1-2-14-7-5-8(11)10-9(6-7)12-3-4-13-10/h3-6H,2,11H2,1H3. The van der Waals surface area contributed by atoms with Crippen LogP contribution in [0.2, 0.25) is 0 Å². The van der Waals surface area contributed by atoms with Crippen molar-refractivity contribution in [3.63, 3.8) is 0 Å². The molecule has 1 heterocycles. The lowest BCUT2D eigenvalue weighted by Gasteiger charge is -2.05. The van der Waals surface area contributed by atoms with Crippen molar-refractivity contribution < 1.29 is 4.74 Å². The van der Waals surface area contributed by atoms with E-state index in [1.165, 1.54) is 0 Å². The summed E-state index contributed by atoms with van der Waals surface area (Å²) in [6.45, 7) is 2.54. The molecular weight excluding hydrogens is 178 g/mol. The molecule has 0 bridgehead atoms. The summed E-state index contributed by atoms with van der Waals surface area (Å²) in [6, 6.07) is 3.60. The van der Waals surface area contributed by atoms with Gasteiger partial charge in [-0.15, -0.1) is 0 Å². The minimum atomic E-state index is 0.596. The first-order valence-electron chi connectivity index (χ1n) is 4.44. The highest BCUT2D eigenvalue weighted by atomic mass is 16.5. The Morgan fingerprint density at radius 2 is 2.07 bits per heavy atom. The Balaban J connectivity index is 2.60. The summed E-state index contributed by atoms with van der Waals surface area (Å²) in [6.07, 6.45) is 3.26. The van der Waals surface area contributed by atoms with Gasteiger partial charge >= 0.3 is 0 Å². The van der Waals surface area contributed by atoms with Gasteiger partial charge in [0.1, 0.15) is 11.3 Å². The predicted molar refractivity (Wildman–Crippen MR) is 55.1 cm³/mol. The van der Waals surface area contributed by atoms with Gasteiger partial charge in [0.25, 0.3) is 0 Å². The number of hydrogen-bond donors (Lipinski definition) is 1. The van der Waals surface area contributed by atoms with Crippen LogP contribution in [-0.2, 0) is 0 Å². The Morgan fingerprint density at radius 1 is 1.29 bits per heavy atom. The number of ether oxygens (including phenoxy) is 1. The second-order valence-corrected chi connectivity index (χ2v) is 2.87. The zero-order chi connectivity index (χ0) is 9.97. The molecule has 1 aromatic carbocycles. The highest BCUT2D eigenvalue weighted by molar-refractivity contribution is 5.87. The first-order valence-corrected chi connectivity index (χ1v) is 4.44. The fourth-order valence-electron chi connectivity index (χ4n) is 1.32. The van der Waals surface area contributed by atoms with Crippen LogP contribution in [0, 0.1) is 0 Å². The van der Waals surface area contributed by atoms with E-state index in [1.807, 2.05) is 13.0 Å². The third-order valence-electron chi connectivity index (χ3n) is 1.89. The van der Waals surface area contributed by atoms with Crippen LogP contribution in [0.4, 0.5) is 5.69 Å². The molecule has 0 fully saturated rings. The van der Waals surface area contributed by atoms with E-state index in [-0.39, 0.29) is 0 Å². The van der Waals surface area contributed by atoms with Crippen LogP contribution in [0.25, 0.3) is 11.0 Å². The minimum Gasteiger partial charge on any atom is -0.494 e. The Morgan fingerprint density at radius 3 is 2.86 bits per heavy atom. The number of fused-ring (bicyclic) bond motifs is 1. The lowest BCUT2D eigenvalue weighted by atomic mass is 10.2. The summed E-state index contributed by atoms with van der Waals surface area (Å²) in [5.74, 6) is 0.734. The summed E-state index contributed by atoms with van der Waals surface area (Å²) >= 11 is 0. The van der Waals surface area contributed by atoms with Crippen LogP contribution in [-0.4, -0.2) is 16.6 Å². The molecule has 2 rings (SSSR count). The van der Waals surface area contributed by atoms with E-state index in [4.69, 9.17) is 10.5 Å². The van der Waals surface area contributed by atoms with Crippen LogP contribution < -0.4 is 10.5 Å². The van der Waals surface area contributed by atoms with Gasteiger partial charge in [0.15, 0.2) is 0 Å². The average Bonchev–Trinajstić information content (AvgIpc) is 2.18. The molecule has 4 heteroatoms. The van der Waals surface area contributed by atoms with E-state index in [0.29, 0.717) is 12.3 Å². The van der Waals surface area contributed by atoms with E-state index in [1.54, 1.807) is 18.5 Å². The Hall–Kier alpha value is -1.84. The van der Waals surface area contributed by atoms with Gasteiger partial charge in [0.2, 0.25) is 0 Å². The van der Waals surface area contributed by atoms with Crippen molar-refractivity contribution in [3.8, 4) is 5.75 Å². The maximum Gasteiger partial charge on any atom is 0.123 e. The van der Waals surface area contributed by atoms with Crippen molar-refractivity contribution in [2.24, 2.45) is 0 Å². The van der Waals surface area contributed by atoms with Crippen LogP contribution in [0.3, 0.4) is 0 Å². The SMILES string of the molecule is CCOc1cc(N)c2nccnc2c1. The van der Waals surface area contributed by atoms with Gasteiger partial charge in [0, 0.05) is 24.5 Å². The third kappa shape index (κ3) is 1.46. The summed E-state index contributed by atoms with van der Waals surface area (Å²) < 4.78 is 5.35. The number of rotatable bonds is 2. The molecule has 0 unspecified atom stereocenters. The fourth-order valence-corrected chi connectivity index (χ4v) is 1.32. The van der Waals surface area contributed by atoms with Gasteiger partial charge in [-0.3, -0.25) is 9.97 Å². The molecule has 0 saturated carbocycles. The lowest BCUT2D eigenvalue weighted by molar-refractivity contribution is 0.341. The summed E-state index contributed by atoms with van der Waals surface area (Å²) in [5, 5.41) is 0. The highest BCUT2D eigenvalue weighted by Gasteiger charge is 2.03. The molecule has 0 saturated heterocycles. The monoisotopic (exact) mass is 189 g/mol.